The highest BCUT2D eigenvalue weighted by atomic mass is 35.5. The minimum absolute atomic E-state index is 0.142. The summed E-state index contributed by atoms with van der Waals surface area (Å²) in [6, 6.07) is 4.95. The van der Waals surface area contributed by atoms with E-state index >= 15 is 0 Å². The number of rotatable bonds is 5. The predicted molar refractivity (Wildman–Crippen MR) is 75.5 cm³/mol. The Labute approximate surface area is 124 Å². The third kappa shape index (κ3) is 3.29. The van der Waals surface area contributed by atoms with Crippen molar-refractivity contribution in [1.82, 2.24) is 9.69 Å². The Kier molecular flexibility index (Phi) is 4.61. The molecule has 0 spiro atoms. The monoisotopic (exact) mass is 310 g/mol. The number of aromatic nitrogens is 1. The van der Waals surface area contributed by atoms with Crippen LogP contribution in [-0.4, -0.2) is 16.3 Å². The van der Waals surface area contributed by atoms with Gasteiger partial charge in [-0.05, 0) is 30.6 Å². The molecule has 104 valence electrons. The maximum atomic E-state index is 11.9. The summed E-state index contributed by atoms with van der Waals surface area (Å²) in [6.45, 7) is 2.00. The van der Waals surface area contributed by atoms with Crippen molar-refractivity contribution in [2.45, 2.75) is 19.5 Å². The Hall–Kier alpha value is -2.04. The first kappa shape index (κ1) is 14.4. The Balaban J connectivity index is 1.92. The summed E-state index contributed by atoms with van der Waals surface area (Å²) in [5.74, 6) is 0.457. The van der Waals surface area contributed by atoms with Gasteiger partial charge in [0.05, 0.1) is 12.8 Å². The second-order valence-electron chi connectivity index (χ2n) is 3.95. The second-order valence-corrected chi connectivity index (χ2v) is 5.08. The molecule has 0 radical (unpaired) electrons. The third-order valence-electron chi connectivity index (χ3n) is 2.52. The van der Waals surface area contributed by atoms with E-state index in [1.807, 2.05) is 6.07 Å². The Bertz CT molecular complexity index is 632. The number of nitriles is 1. The normalized spacial score (nSPS) is 11.7. The van der Waals surface area contributed by atoms with Gasteiger partial charge in [-0.15, -0.1) is 0 Å². The fourth-order valence-corrected chi connectivity index (χ4v) is 2.49. The van der Waals surface area contributed by atoms with Crippen LogP contribution in [0, 0.1) is 11.3 Å². The molecule has 1 unspecified atom stereocenters. The molecule has 2 rings (SSSR count). The van der Waals surface area contributed by atoms with Gasteiger partial charge in [-0.25, -0.2) is 0 Å². The Morgan fingerprint density at radius 3 is 3.15 bits per heavy atom. The number of anilines is 1. The van der Waals surface area contributed by atoms with Gasteiger partial charge in [0.15, 0.2) is 5.15 Å². The molecule has 1 amide bonds. The SMILES string of the molecule is CC(Nc1snc(Cl)c1C#N)C(=O)NCc1ccco1. The van der Waals surface area contributed by atoms with E-state index in [2.05, 4.69) is 15.0 Å². The largest absolute Gasteiger partial charge is 0.467 e. The van der Waals surface area contributed by atoms with E-state index in [9.17, 15) is 4.79 Å². The van der Waals surface area contributed by atoms with E-state index in [0.717, 1.165) is 11.5 Å². The first-order valence-electron chi connectivity index (χ1n) is 5.73. The number of hydrogen-bond donors (Lipinski definition) is 2. The van der Waals surface area contributed by atoms with Crippen molar-refractivity contribution >= 4 is 34.0 Å². The number of amides is 1. The lowest BCUT2D eigenvalue weighted by molar-refractivity contribution is -0.121. The van der Waals surface area contributed by atoms with E-state index in [1.54, 1.807) is 25.3 Å². The van der Waals surface area contributed by atoms with Crippen LogP contribution in [0.2, 0.25) is 5.15 Å². The van der Waals surface area contributed by atoms with Crippen LogP contribution >= 0.6 is 23.1 Å². The molecule has 2 N–H and O–H groups in total. The van der Waals surface area contributed by atoms with Gasteiger partial charge in [0, 0.05) is 0 Å². The van der Waals surface area contributed by atoms with Gasteiger partial charge in [0.25, 0.3) is 0 Å². The number of hydrogen-bond acceptors (Lipinski definition) is 6. The van der Waals surface area contributed by atoms with Crippen LogP contribution in [0.3, 0.4) is 0 Å². The highest BCUT2D eigenvalue weighted by Crippen LogP contribution is 2.27. The molecule has 8 heteroatoms. The average molecular weight is 311 g/mol. The lowest BCUT2D eigenvalue weighted by Crippen LogP contribution is -2.37. The topological polar surface area (TPSA) is 91.0 Å². The van der Waals surface area contributed by atoms with Gasteiger partial charge in [-0.1, -0.05) is 11.6 Å². The molecule has 0 fully saturated rings. The van der Waals surface area contributed by atoms with Crippen molar-refractivity contribution in [1.29, 1.82) is 5.26 Å². The van der Waals surface area contributed by atoms with Crippen LogP contribution in [0.4, 0.5) is 5.00 Å². The molecule has 0 bridgehead atoms. The molecule has 0 saturated heterocycles. The summed E-state index contributed by atoms with van der Waals surface area (Å²) in [5.41, 5.74) is 0.252. The molecular formula is C12H11ClN4O2S. The summed E-state index contributed by atoms with van der Waals surface area (Å²) in [5, 5.41) is 15.2. The second kappa shape index (κ2) is 6.41. The maximum Gasteiger partial charge on any atom is 0.242 e. The molecular weight excluding hydrogens is 300 g/mol. The van der Waals surface area contributed by atoms with Crippen LogP contribution in [0.15, 0.2) is 22.8 Å². The van der Waals surface area contributed by atoms with Crippen molar-refractivity contribution in [2.75, 3.05) is 5.32 Å². The summed E-state index contributed by atoms with van der Waals surface area (Å²) < 4.78 is 8.98. The number of furan rings is 1. The van der Waals surface area contributed by atoms with E-state index in [0.29, 0.717) is 17.3 Å². The van der Waals surface area contributed by atoms with Crippen molar-refractivity contribution in [3.63, 3.8) is 0 Å². The van der Waals surface area contributed by atoms with Gasteiger partial charge in [0.1, 0.15) is 28.4 Å². The molecule has 20 heavy (non-hydrogen) atoms. The summed E-state index contributed by atoms with van der Waals surface area (Å²) in [7, 11) is 0. The number of halogens is 1. The van der Waals surface area contributed by atoms with Crippen molar-refractivity contribution in [3.8, 4) is 6.07 Å². The van der Waals surface area contributed by atoms with Gasteiger partial charge in [-0.3, -0.25) is 4.79 Å². The number of carbonyl (C=O) groups excluding carboxylic acids is 1. The quantitative estimate of drug-likeness (QED) is 0.884. The van der Waals surface area contributed by atoms with Crippen molar-refractivity contribution < 1.29 is 9.21 Å². The Morgan fingerprint density at radius 2 is 2.50 bits per heavy atom. The smallest absolute Gasteiger partial charge is 0.242 e. The highest BCUT2D eigenvalue weighted by molar-refractivity contribution is 7.10. The maximum absolute atomic E-state index is 11.9. The van der Waals surface area contributed by atoms with Gasteiger partial charge < -0.3 is 15.1 Å². The zero-order valence-corrected chi connectivity index (χ0v) is 12.1. The molecule has 0 aliphatic carbocycles. The molecule has 6 nitrogen and oxygen atoms in total. The number of nitrogens with one attached hydrogen (secondary N) is 2. The number of carbonyl (C=O) groups is 1. The fraction of sp³-hybridized carbons (Fsp3) is 0.250. The summed E-state index contributed by atoms with van der Waals surface area (Å²) >= 11 is 6.81. The minimum Gasteiger partial charge on any atom is -0.467 e. The number of nitrogens with zero attached hydrogens (tertiary/aromatic N) is 2. The Morgan fingerprint density at radius 1 is 1.70 bits per heavy atom. The average Bonchev–Trinajstić information content (AvgIpc) is 3.06. The van der Waals surface area contributed by atoms with Crippen LogP contribution < -0.4 is 10.6 Å². The lowest BCUT2D eigenvalue weighted by Gasteiger charge is -2.13. The van der Waals surface area contributed by atoms with Gasteiger partial charge in [0.2, 0.25) is 5.91 Å². The molecule has 2 heterocycles. The zero-order valence-electron chi connectivity index (χ0n) is 10.5. The molecule has 2 aromatic heterocycles. The molecule has 0 aromatic carbocycles. The predicted octanol–water partition coefficient (Wildman–Crippen LogP) is 2.38. The van der Waals surface area contributed by atoms with Gasteiger partial charge in [-0.2, -0.15) is 9.64 Å². The van der Waals surface area contributed by atoms with Crippen LogP contribution in [0.5, 0.6) is 0 Å². The molecule has 0 saturated carbocycles. The third-order valence-corrected chi connectivity index (χ3v) is 3.67. The van der Waals surface area contributed by atoms with Crippen LogP contribution in [0.25, 0.3) is 0 Å². The first-order chi connectivity index (χ1) is 9.61. The molecule has 0 aliphatic heterocycles. The lowest BCUT2D eigenvalue weighted by atomic mass is 10.3. The minimum atomic E-state index is -0.520. The summed E-state index contributed by atoms with van der Waals surface area (Å²) in [6.07, 6.45) is 1.54. The van der Waals surface area contributed by atoms with Crippen molar-refractivity contribution in [2.24, 2.45) is 0 Å². The van der Waals surface area contributed by atoms with E-state index < -0.39 is 6.04 Å². The summed E-state index contributed by atoms with van der Waals surface area (Å²) in [4.78, 5) is 11.9. The van der Waals surface area contributed by atoms with Crippen LogP contribution in [-0.2, 0) is 11.3 Å². The highest BCUT2D eigenvalue weighted by Gasteiger charge is 2.18. The van der Waals surface area contributed by atoms with Crippen LogP contribution in [0.1, 0.15) is 18.2 Å². The van der Waals surface area contributed by atoms with E-state index in [1.165, 1.54) is 0 Å². The van der Waals surface area contributed by atoms with Crippen molar-refractivity contribution in [3.05, 3.63) is 34.9 Å². The fourth-order valence-electron chi connectivity index (χ4n) is 1.47. The molecule has 0 aliphatic rings. The first-order valence-corrected chi connectivity index (χ1v) is 6.89. The zero-order chi connectivity index (χ0) is 14.5. The van der Waals surface area contributed by atoms with Gasteiger partial charge >= 0.3 is 0 Å². The van der Waals surface area contributed by atoms with E-state index in [4.69, 9.17) is 21.3 Å². The molecule has 1 atom stereocenters. The van der Waals surface area contributed by atoms with E-state index in [-0.39, 0.29) is 16.6 Å². The standard InChI is InChI=1S/C12H11ClN4O2S/c1-7(11(18)15-6-8-3-2-4-19-8)16-12-9(5-14)10(13)17-20-12/h2-4,7,16H,6H2,1H3,(H,15,18). The molecule has 2 aromatic rings.